The normalized spacial score (nSPS) is 19.4. The number of para-hydroxylation sites is 2. The third kappa shape index (κ3) is 2.14. The molecule has 1 fully saturated rings. The number of piperidine rings is 1. The first kappa shape index (κ1) is 12.0. The van der Waals surface area contributed by atoms with Crippen LogP contribution in [0.3, 0.4) is 0 Å². The molecule has 4 heteroatoms. The average Bonchev–Trinajstić information content (AvgIpc) is 2.79. The fourth-order valence-corrected chi connectivity index (χ4v) is 2.69. The standard InChI is InChI=1S/C15H16N2O2/c18-14-8-9-15(19)17(14)13-7-3-2-6-12(13)16-10-4-1-5-11-16/h2-3,6-9H,1,4-5,10-11H2. The predicted molar refractivity (Wildman–Crippen MR) is 74.1 cm³/mol. The maximum absolute atomic E-state index is 11.8. The van der Waals surface area contributed by atoms with Crippen LogP contribution >= 0.6 is 0 Å². The monoisotopic (exact) mass is 256 g/mol. The van der Waals surface area contributed by atoms with E-state index in [-0.39, 0.29) is 11.8 Å². The van der Waals surface area contributed by atoms with E-state index in [1.165, 1.54) is 23.5 Å². The molecule has 2 aliphatic rings. The van der Waals surface area contributed by atoms with Gasteiger partial charge < -0.3 is 4.90 Å². The van der Waals surface area contributed by atoms with E-state index < -0.39 is 0 Å². The molecule has 98 valence electrons. The van der Waals surface area contributed by atoms with Crippen LogP contribution in [0.2, 0.25) is 0 Å². The van der Waals surface area contributed by atoms with Crippen LogP contribution in [0, 0.1) is 0 Å². The molecule has 19 heavy (non-hydrogen) atoms. The highest BCUT2D eigenvalue weighted by atomic mass is 16.2. The smallest absolute Gasteiger partial charge is 0.258 e. The highest BCUT2D eigenvalue weighted by Crippen LogP contribution is 2.32. The van der Waals surface area contributed by atoms with Crippen molar-refractivity contribution in [1.29, 1.82) is 0 Å². The topological polar surface area (TPSA) is 40.6 Å². The third-order valence-electron chi connectivity index (χ3n) is 3.63. The van der Waals surface area contributed by atoms with E-state index in [1.54, 1.807) is 0 Å². The molecule has 2 amide bonds. The van der Waals surface area contributed by atoms with Crippen molar-refractivity contribution in [2.45, 2.75) is 19.3 Å². The van der Waals surface area contributed by atoms with Crippen molar-refractivity contribution < 1.29 is 9.59 Å². The third-order valence-corrected chi connectivity index (χ3v) is 3.63. The fraction of sp³-hybridized carbons (Fsp3) is 0.333. The molecular weight excluding hydrogens is 240 g/mol. The summed E-state index contributed by atoms with van der Waals surface area (Å²) in [5.41, 5.74) is 1.68. The first-order chi connectivity index (χ1) is 9.27. The quantitative estimate of drug-likeness (QED) is 0.761. The van der Waals surface area contributed by atoms with Gasteiger partial charge in [-0.2, -0.15) is 0 Å². The van der Waals surface area contributed by atoms with Gasteiger partial charge in [-0.15, -0.1) is 0 Å². The van der Waals surface area contributed by atoms with Gasteiger partial charge in [-0.25, -0.2) is 4.90 Å². The molecule has 1 aromatic rings. The number of imide groups is 1. The van der Waals surface area contributed by atoms with Crippen molar-refractivity contribution in [2.24, 2.45) is 0 Å². The predicted octanol–water partition coefficient (Wildman–Crippen LogP) is 2.11. The lowest BCUT2D eigenvalue weighted by atomic mass is 10.1. The van der Waals surface area contributed by atoms with E-state index in [9.17, 15) is 9.59 Å². The number of hydrogen-bond donors (Lipinski definition) is 0. The van der Waals surface area contributed by atoms with E-state index in [0.717, 1.165) is 31.6 Å². The molecule has 0 unspecified atom stereocenters. The zero-order valence-corrected chi connectivity index (χ0v) is 10.7. The van der Waals surface area contributed by atoms with Gasteiger partial charge >= 0.3 is 0 Å². The number of anilines is 2. The Kier molecular flexibility index (Phi) is 3.07. The molecule has 1 aromatic carbocycles. The molecule has 0 aliphatic carbocycles. The minimum absolute atomic E-state index is 0.255. The minimum atomic E-state index is -0.255. The second-order valence-corrected chi connectivity index (χ2v) is 4.88. The van der Waals surface area contributed by atoms with Crippen molar-refractivity contribution in [3.8, 4) is 0 Å². The lowest BCUT2D eigenvalue weighted by Crippen LogP contribution is -2.34. The van der Waals surface area contributed by atoms with Crippen molar-refractivity contribution in [1.82, 2.24) is 0 Å². The van der Waals surface area contributed by atoms with Crippen molar-refractivity contribution >= 4 is 23.2 Å². The minimum Gasteiger partial charge on any atom is -0.370 e. The summed E-state index contributed by atoms with van der Waals surface area (Å²) >= 11 is 0. The first-order valence-corrected chi connectivity index (χ1v) is 6.67. The van der Waals surface area contributed by atoms with Crippen molar-refractivity contribution in [3.05, 3.63) is 36.4 Å². The summed E-state index contributed by atoms with van der Waals surface area (Å²) in [4.78, 5) is 27.2. The molecule has 0 N–H and O–H groups in total. The van der Waals surface area contributed by atoms with Crippen LogP contribution in [0.5, 0.6) is 0 Å². The van der Waals surface area contributed by atoms with Gasteiger partial charge in [0.15, 0.2) is 0 Å². The van der Waals surface area contributed by atoms with E-state index in [0.29, 0.717) is 5.69 Å². The molecule has 2 heterocycles. The SMILES string of the molecule is O=C1C=CC(=O)N1c1ccccc1N1CCCCC1. The summed E-state index contributed by atoms with van der Waals surface area (Å²) in [6.07, 6.45) is 6.23. The molecule has 0 atom stereocenters. The number of amides is 2. The molecule has 0 aromatic heterocycles. The van der Waals surface area contributed by atoms with Crippen LogP contribution in [0.1, 0.15) is 19.3 Å². The Morgan fingerprint density at radius 1 is 0.789 bits per heavy atom. The van der Waals surface area contributed by atoms with Crippen LogP contribution in [0.4, 0.5) is 11.4 Å². The van der Waals surface area contributed by atoms with Gasteiger partial charge in [-0.3, -0.25) is 9.59 Å². The van der Waals surface area contributed by atoms with Crippen molar-refractivity contribution in [2.75, 3.05) is 22.9 Å². The summed E-state index contributed by atoms with van der Waals surface area (Å²) in [5.74, 6) is -0.510. The number of hydrogen-bond acceptors (Lipinski definition) is 3. The Balaban J connectivity index is 1.97. The van der Waals surface area contributed by atoms with Crippen LogP contribution in [-0.2, 0) is 9.59 Å². The summed E-state index contributed by atoms with van der Waals surface area (Å²) in [7, 11) is 0. The molecular formula is C15H16N2O2. The van der Waals surface area contributed by atoms with Crippen LogP contribution < -0.4 is 9.80 Å². The lowest BCUT2D eigenvalue weighted by Gasteiger charge is -2.32. The van der Waals surface area contributed by atoms with E-state index in [1.807, 2.05) is 24.3 Å². The van der Waals surface area contributed by atoms with Crippen LogP contribution in [0.25, 0.3) is 0 Å². The van der Waals surface area contributed by atoms with Crippen LogP contribution in [0.15, 0.2) is 36.4 Å². The zero-order chi connectivity index (χ0) is 13.2. The Morgan fingerprint density at radius 3 is 2.00 bits per heavy atom. The van der Waals surface area contributed by atoms with E-state index >= 15 is 0 Å². The van der Waals surface area contributed by atoms with E-state index in [2.05, 4.69) is 4.90 Å². The first-order valence-electron chi connectivity index (χ1n) is 6.67. The number of benzene rings is 1. The fourth-order valence-electron chi connectivity index (χ4n) is 2.69. The van der Waals surface area contributed by atoms with Gasteiger partial charge in [0.1, 0.15) is 0 Å². The van der Waals surface area contributed by atoms with Gasteiger partial charge in [0.2, 0.25) is 0 Å². The molecule has 2 aliphatic heterocycles. The number of nitrogens with zero attached hydrogens (tertiary/aromatic N) is 2. The van der Waals surface area contributed by atoms with Gasteiger partial charge in [-0.1, -0.05) is 12.1 Å². The number of carbonyl (C=O) groups is 2. The second-order valence-electron chi connectivity index (χ2n) is 4.88. The lowest BCUT2D eigenvalue weighted by molar-refractivity contribution is -0.119. The number of carbonyl (C=O) groups excluding carboxylic acids is 2. The van der Waals surface area contributed by atoms with Gasteiger partial charge in [0.25, 0.3) is 11.8 Å². The molecule has 1 saturated heterocycles. The number of rotatable bonds is 2. The van der Waals surface area contributed by atoms with E-state index in [4.69, 9.17) is 0 Å². The second kappa shape index (κ2) is 4.88. The summed E-state index contributed by atoms with van der Waals surface area (Å²) in [6, 6.07) is 7.64. The average molecular weight is 256 g/mol. The highest BCUT2D eigenvalue weighted by molar-refractivity contribution is 6.29. The molecule has 4 nitrogen and oxygen atoms in total. The summed E-state index contributed by atoms with van der Waals surface area (Å²) in [6.45, 7) is 1.97. The molecule has 0 saturated carbocycles. The Bertz CT molecular complexity index is 527. The van der Waals surface area contributed by atoms with Gasteiger partial charge in [0, 0.05) is 25.2 Å². The Hall–Kier alpha value is -2.10. The summed E-state index contributed by atoms with van der Waals surface area (Å²) in [5, 5.41) is 0. The Morgan fingerprint density at radius 2 is 1.37 bits per heavy atom. The molecule has 0 bridgehead atoms. The van der Waals surface area contributed by atoms with Gasteiger partial charge in [-0.05, 0) is 31.4 Å². The zero-order valence-electron chi connectivity index (χ0n) is 10.7. The largest absolute Gasteiger partial charge is 0.370 e. The molecule has 0 radical (unpaired) electrons. The summed E-state index contributed by atoms with van der Waals surface area (Å²) < 4.78 is 0. The van der Waals surface area contributed by atoms with Crippen molar-refractivity contribution in [3.63, 3.8) is 0 Å². The molecule has 3 rings (SSSR count). The van der Waals surface area contributed by atoms with Crippen LogP contribution in [-0.4, -0.2) is 24.9 Å². The maximum Gasteiger partial charge on any atom is 0.258 e. The Labute approximate surface area is 112 Å². The highest BCUT2D eigenvalue weighted by Gasteiger charge is 2.28. The maximum atomic E-state index is 11.8. The van der Waals surface area contributed by atoms with Gasteiger partial charge in [0.05, 0.1) is 11.4 Å². The molecule has 0 spiro atoms.